The number of pyridine rings is 1. The van der Waals surface area contributed by atoms with Gasteiger partial charge in [-0.15, -0.1) is 0 Å². The van der Waals surface area contributed by atoms with Gasteiger partial charge in [-0.3, -0.25) is 0 Å². The third-order valence-corrected chi connectivity index (χ3v) is 4.13. The molecule has 2 aromatic heterocycles. The SMILES string of the molecule is CNc1nc2nc(SC)ncc2cc1-c1cc(C)cc(OC)c1. The number of rotatable bonds is 4. The van der Waals surface area contributed by atoms with Crippen molar-refractivity contribution in [3.05, 3.63) is 36.0 Å². The van der Waals surface area contributed by atoms with Crippen LogP contribution in [-0.2, 0) is 0 Å². The minimum Gasteiger partial charge on any atom is -0.497 e. The van der Waals surface area contributed by atoms with E-state index in [1.807, 2.05) is 38.6 Å². The molecule has 0 amide bonds. The number of anilines is 1. The Morgan fingerprint density at radius 3 is 2.65 bits per heavy atom. The van der Waals surface area contributed by atoms with Gasteiger partial charge in [0.05, 0.1) is 7.11 Å². The number of benzene rings is 1. The number of nitrogens with zero attached hydrogens (tertiary/aromatic N) is 3. The minimum atomic E-state index is 0.692. The van der Waals surface area contributed by atoms with E-state index in [4.69, 9.17) is 4.74 Å². The molecule has 0 fully saturated rings. The van der Waals surface area contributed by atoms with Crippen LogP contribution in [0.3, 0.4) is 0 Å². The van der Waals surface area contributed by atoms with Crippen LogP contribution < -0.4 is 10.1 Å². The smallest absolute Gasteiger partial charge is 0.189 e. The largest absolute Gasteiger partial charge is 0.497 e. The summed E-state index contributed by atoms with van der Waals surface area (Å²) >= 11 is 1.51. The highest BCUT2D eigenvalue weighted by Crippen LogP contribution is 2.32. The van der Waals surface area contributed by atoms with Crippen LogP contribution in [0.15, 0.2) is 35.6 Å². The van der Waals surface area contributed by atoms with Gasteiger partial charge in [0, 0.05) is 24.2 Å². The van der Waals surface area contributed by atoms with Gasteiger partial charge in [0.15, 0.2) is 10.8 Å². The van der Waals surface area contributed by atoms with Crippen LogP contribution in [0.5, 0.6) is 5.75 Å². The number of hydrogen-bond acceptors (Lipinski definition) is 6. The number of aromatic nitrogens is 3. The number of methoxy groups -OCH3 is 1. The summed E-state index contributed by atoms with van der Waals surface area (Å²) in [4.78, 5) is 13.4. The van der Waals surface area contributed by atoms with Crippen LogP contribution in [-0.4, -0.2) is 35.4 Å². The van der Waals surface area contributed by atoms with E-state index in [0.29, 0.717) is 5.65 Å². The lowest BCUT2D eigenvalue weighted by molar-refractivity contribution is 0.414. The molecule has 1 N–H and O–H groups in total. The molecular formula is C17H18N4OS. The highest BCUT2D eigenvalue weighted by atomic mass is 32.2. The molecule has 2 heterocycles. The van der Waals surface area contributed by atoms with Crippen LogP contribution in [0, 0.1) is 6.92 Å². The number of ether oxygens (including phenoxy) is 1. The lowest BCUT2D eigenvalue weighted by Crippen LogP contribution is -1.99. The number of hydrogen-bond donors (Lipinski definition) is 1. The van der Waals surface area contributed by atoms with Crippen molar-refractivity contribution in [3.63, 3.8) is 0 Å². The maximum Gasteiger partial charge on any atom is 0.189 e. The monoisotopic (exact) mass is 326 g/mol. The predicted octanol–water partition coefficient (Wildman–Crippen LogP) is 3.77. The van der Waals surface area contributed by atoms with Gasteiger partial charge < -0.3 is 10.1 Å². The van der Waals surface area contributed by atoms with Gasteiger partial charge in [-0.2, -0.15) is 0 Å². The molecule has 0 unspecified atom stereocenters. The normalized spacial score (nSPS) is 10.8. The van der Waals surface area contributed by atoms with Gasteiger partial charge >= 0.3 is 0 Å². The Bertz CT molecular complexity index is 867. The molecule has 118 valence electrons. The highest BCUT2D eigenvalue weighted by molar-refractivity contribution is 7.98. The zero-order valence-electron chi connectivity index (χ0n) is 13.5. The maximum atomic E-state index is 5.38. The third kappa shape index (κ3) is 3.07. The van der Waals surface area contributed by atoms with E-state index in [1.54, 1.807) is 7.11 Å². The fourth-order valence-corrected chi connectivity index (χ4v) is 2.81. The molecule has 3 aromatic rings. The average molecular weight is 326 g/mol. The summed E-state index contributed by atoms with van der Waals surface area (Å²) in [6, 6.07) is 8.19. The summed E-state index contributed by atoms with van der Waals surface area (Å²) in [5, 5.41) is 4.80. The maximum absolute atomic E-state index is 5.38. The lowest BCUT2D eigenvalue weighted by Gasteiger charge is -2.12. The van der Waals surface area contributed by atoms with Gasteiger partial charge in [-0.25, -0.2) is 15.0 Å². The molecule has 6 heteroatoms. The Morgan fingerprint density at radius 2 is 1.96 bits per heavy atom. The number of aryl methyl sites for hydroxylation is 1. The van der Waals surface area contributed by atoms with Gasteiger partial charge in [0.25, 0.3) is 0 Å². The molecule has 5 nitrogen and oxygen atoms in total. The molecule has 0 aliphatic heterocycles. The minimum absolute atomic E-state index is 0.692. The molecule has 23 heavy (non-hydrogen) atoms. The molecular weight excluding hydrogens is 308 g/mol. The average Bonchev–Trinajstić information content (AvgIpc) is 2.59. The molecule has 0 spiro atoms. The van der Waals surface area contributed by atoms with Crippen molar-refractivity contribution in [3.8, 4) is 16.9 Å². The zero-order valence-corrected chi connectivity index (χ0v) is 14.4. The highest BCUT2D eigenvalue weighted by Gasteiger charge is 2.11. The number of nitrogens with one attached hydrogen (secondary N) is 1. The molecule has 0 radical (unpaired) electrons. The van der Waals surface area contributed by atoms with Crippen LogP contribution in [0.2, 0.25) is 0 Å². The standard InChI is InChI=1S/C17H18N4OS/c1-10-5-11(7-13(6-10)22-3)14-8-12-9-19-17(23-4)21-15(12)20-16(14)18-2/h5-9H,1-4H3,(H,18,19,20,21). The first-order valence-electron chi connectivity index (χ1n) is 7.20. The fraction of sp³-hybridized carbons (Fsp3) is 0.235. The van der Waals surface area contributed by atoms with Crippen molar-refractivity contribution >= 4 is 28.6 Å². The first kappa shape index (κ1) is 15.6. The van der Waals surface area contributed by atoms with Crippen molar-refractivity contribution < 1.29 is 4.74 Å². The second-order valence-electron chi connectivity index (χ2n) is 5.14. The quantitative estimate of drug-likeness (QED) is 0.582. The number of fused-ring (bicyclic) bond motifs is 1. The third-order valence-electron chi connectivity index (χ3n) is 3.56. The summed E-state index contributed by atoms with van der Waals surface area (Å²) in [5.41, 5.74) is 3.88. The zero-order chi connectivity index (χ0) is 16.4. The Labute approximate surface area is 139 Å². The predicted molar refractivity (Wildman–Crippen MR) is 95.4 cm³/mol. The molecule has 0 atom stereocenters. The molecule has 0 bridgehead atoms. The van der Waals surface area contributed by atoms with E-state index in [2.05, 4.69) is 32.4 Å². The second-order valence-corrected chi connectivity index (χ2v) is 5.92. The van der Waals surface area contributed by atoms with Crippen molar-refractivity contribution in [1.29, 1.82) is 0 Å². The van der Waals surface area contributed by atoms with E-state index in [0.717, 1.165) is 38.8 Å². The second kappa shape index (κ2) is 6.42. The van der Waals surface area contributed by atoms with Crippen LogP contribution in [0.25, 0.3) is 22.2 Å². The van der Waals surface area contributed by atoms with Crippen molar-refractivity contribution in [1.82, 2.24) is 15.0 Å². The van der Waals surface area contributed by atoms with E-state index in [1.165, 1.54) is 11.8 Å². The van der Waals surface area contributed by atoms with Gasteiger partial charge in [-0.1, -0.05) is 17.8 Å². The Balaban J connectivity index is 2.22. The van der Waals surface area contributed by atoms with Crippen LogP contribution in [0.4, 0.5) is 5.82 Å². The summed E-state index contributed by atoms with van der Waals surface area (Å²) < 4.78 is 5.38. The van der Waals surface area contributed by atoms with Crippen molar-refractivity contribution in [2.45, 2.75) is 12.1 Å². The summed E-state index contributed by atoms with van der Waals surface area (Å²) in [5.74, 6) is 1.62. The summed E-state index contributed by atoms with van der Waals surface area (Å²) in [7, 11) is 3.54. The Kier molecular flexibility index (Phi) is 4.34. The topological polar surface area (TPSA) is 59.9 Å². The van der Waals surface area contributed by atoms with Crippen LogP contribution >= 0.6 is 11.8 Å². The van der Waals surface area contributed by atoms with E-state index in [9.17, 15) is 0 Å². The van der Waals surface area contributed by atoms with Crippen LogP contribution in [0.1, 0.15) is 5.56 Å². The summed E-state index contributed by atoms with van der Waals surface area (Å²) in [6.07, 6.45) is 3.77. The van der Waals surface area contributed by atoms with Crippen molar-refractivity contribution in [2.75, 3.05) is 25.7 Å². The van der Waals surface area contributed by atoms with E-state index < -0.39 is 0 Å². The molecule has 0 aliphatic rings. The molecule has 0 saturated heterocycles. The fourth-order valence-electron chi connectivity index (χ4n) is 2.48. The Hall–Kier alpha value is -2.34. The van der Waals surface area contributed by atoms with E-state index >= 15 is 0 Å². The Morgan fingerprint density at radius 1 is 1.13 bits per heavy atom. The number of thioether (sulfide) groups is 1. The molecule has 0 aliphatic carbocycles. The lowest BCUT2D eigenvalue weighted by atomic mass is 10.0. The van der Waals surface area contributed by atoms with E-state index in [-0.39, 0.29) is 0 Å². The molecule has 0 saturated carbocycles. The van der Waals surface area contributed by atoms with Gasteiger partial charge in [0.2, 0.25) is 0 Å². The van der Waals surface area contributed by atoms with Gasteiger partial charge in [0.1, 0.15) is 11.6 Å². The molecule has 1 aromatic carbocycles. The van der Waals surface area contributed by atoms with Crippen molar-refractivity contribution in [2.24, 2.45) is 0 Å². The summed E-state index contributed by atoms with van der Waals surface area (Å²) in [6.45, 7) is 2.05. The molecule has 3 rings (SSSR count). The first-order valence-corrected chi connectivity index (χ1v) is 8.42. The van der Waals surface area contributed by atoms with Gasteiger partial charge in [-0.05, 0) is 42.5 Å². The first-order chi connectivity index (χ1) is 11.1.